The Hall–Kier alpha value is 0.210. The summed E-state index contributed by atoms with van der Waals surface area (Å²) in [6, 6.07) is 0. The molecule has 0 spiro atoms. The summed E-state index contributed by atoms with van der Waals surface area (Å²) >= 11 is 4.91. The van der Waals surface area contributed by atoms with Gasteiger partial charge < -0.3 is 10.2 Å². The molecule has 0 rings (SSSR count). The Kier molecular flexibility index (Phi) is 0.917. The first kappa shape index (κ1) is 1.62. The lowest BCUT2D eigenvalue weighted by atomic mass is 10.5. The van der Waals surface area contributed by atoms with E-state index in [2.05, 4.69) is 0 Å². The zero-order valence-corrected chi connectivity index (χ0v) is 3.53. The second-order valence-electron chi connectivity index (χ2n) is 0.538. The molecule has 0 bridgehead atoms. The van der Waals surface area contributed by atoms with Gasteiger partial charge in [0.25, 0.3) is 0 Å². The maximum Gasteiger partial charge on any atom is 0.0797 e. The highest BCUT2D eigenvalue weighted by molar-refractivity contribution is 6.20. The van der Waals surface area contributed by atoms with Crippen LogP contribution in [-0.4, -0.2) is 28.7 Å². The second-order valence-corrected chi connectivity index (χ2v) is 0.916. The van der Waals surface area contributed by atoms with Crippen LogP contribution >= 0.6 is 11.6 Å². The molecule has 0 atom stereocenters. The summed E-state index contributed by atoms with van der Waals surface area (Å²) in [5.74, 6) is 0. The summed E-state index contributed by atoms with van der Waals surface area (Å²) < 4.78 is 32.7. The van der Waals surface area contributed by atoms with Crippen LogP contribution in [0.25, 0.3) is 0 Å². The van der Waals surface area contributed by atoms with Gasteiger partial charge in [-0.2, -0.15) is 0 Å². The number of aliphatic hydroxyl groups is 2. The van der Waals surface area contributed by atoms with E-state index < -0.39 is 18.5 Å². The Morgan fingerprint density at radius 1 is 1.83 bits per heavy atom. The minimum absolute atomic E-state index is 3.12. The normalized spacial score (nSPS) is 28.8. The smallest absolute Gasteiger partial charge is 0.0797 e. The van der Waals surface area contributed by atoms with Gasteiger partial charge in [-0.15, -0.1) is 11.6 Å². The monoisotopic (exact) mass is 115 g/mol. The maximum absolute atomic E-state index is 8.49. The minimum atomic E-state index is -3.31. The quantitative estimate of drug-likeness (QED) is 0.480. The zero-order chi connectivity index (χ0) is 9.50. The number of halogens is 1. The fourth-order valence-electron chi connectivity index (χ4n) is 0.0250. The molecule has 0 aromatic heterocycles. The fraction of sp³-hybridized carbons (Fsp3) is 1.00. The van der Waals surface area contributed by atoms with Crippen molar-refractivity contribution in [3.8, 4) is 0 Å². The Bertz CT molecular complexity index is 131. The first-order chi connectivity index (χ1) is 4.50. The Balaban J connectivity index is 4.75. The highest BCUT2D eigenvalue weighted by Crippen LogP contribution is 1.88. The molecule has 0 aromatic rings. The van der Waals surface area contributed by atoms with Gasteiger partial charge in [-0.3, -0.25) is 0 Å². The molecule has 0 aliphatic carbocycles. The highest BCUT2D eigenvalue weighted by atomic mass is 35.5. The van der Waals surface area contributed by atoms with Gasteiger partial charge in [-0.25, -0.2) is 0 Å². The van der Waals surface area contributed by atoms with E-state index in [4.69, 9.17) is 28.7 Å². The molecule has 0 amide bonds. The first-order valence-electron chi connectivity index (χ1n) is 3.64. The zero-order valence-electron chi connectivity index (χ0n) is 7.77. The third-order valence-electron chi connectivity index (χ3n) is 0.196. The summed E-state index contributed by atoms with van der Waals surface area (Å²) in [5.41, 5.74) is 0. The summed E-state index contributed by atoms with van der Waals surface area (Å²) in [7, 11) is 0. The van der Waals surface area contributed by atoms with Crippen LogP contribution in [0, 0.1) is 0 Å². The summed E-state index contributed by atoms with van der Waals surface area (Å²) in [6.45, 7) is -6.63. The van der Waals surface area contributed by atoms with Crippen LogP contribution in [0.2, 0.25) is 0 Å². The summed E-state index contributed by atoms with van der Waals surface area (Å²) in [5, 5.41) is 13.9. The lowest BCUT2D eigenvalue weighted by molar-refractivity contribution is 0.226. The number of hydrogen-bond acceptors (Lipinski definition) is 2. The second kappa shape index (κ2) is 3.40. The average molecular weight is 116 g/mol. The fourth-order valence-corrected chi connectivity index (χ4v) is 0.0250. The van der Waals surface area contributed by atoms with Crippen molar-refractivity contribution in [3.05, 3.63) is 0 Å². The van der Waals surface area contributed by atoms with Gasteiger partial charge in [-0.05, 0) is 0 Å². The van der Waals surface area contributed by atoms with Crippen molar-refractivity contribution in [3.63, 3.8) is 0 Å². The molecule has 0 radical (unpaired) electrons. The molecule has 0 unspecified atom stereocenters. The number of rotatable bonds is 2. The van der Waals surface area contributed by atoms with Crippen molar-refractivity contribution < 1.29 is 17.1 Å². The van der Waals surface area contributed by atoms with E-state index >= 15 is 0 Å². The molecule has 0 aromatic carbocycles. The molecule has 2 nitrogen and oxygen atoms in total. The van der Waals surface area contributed by atoms with Crippen LogP contribution in [0.4, 0.5) is 0 Å². The molecular formula is C3H7ClO2. The third kappa shape index (κ3) is 2.45. The number of hydrogen-bond donors (Lipinski definition) is 2. The Labute approximate surface area is 48.4 Å². The van der Waals surface area contributed by atoms with Crippen LogP contribution in [-0.2, 0) is 0 Å². The van der Waals surface area contributed by atoms with Crippen LogP contribution in [0.5, 0.6) is 0 Å². The van der Waals surface area contributed by atoms with Crippen LogP contribution in [0.15, 0.2) is 0 Å². The van der Waals surface area contributed by atoms with Crippen molar-refractivity contribution in [2.24, 2.45) is 0 Å². The topological polar surface area (TPSA) is 40.5 Å². The molecule has 0 saturated carbocycles. The van der Waals surface area contributed by atoms with E-state index in [1.807, 2.05) is 0 Å². The predicted molar refractivity (Wildman–Crippen MR) is 23.8 cm³/mol. The Morgan fingerprint density at radius 2 is 2.17 bits per heavy atom. The number of alkyl halides is 1. The van der Waals surface area contributed by atoms with Crippen molar-refractivity contribution in [1.82, 2.24) is 0 Å². The lowest BCUT2D eigenvalue weighted by Gasteiger charge is -1.94. The van der Waals surface area contributed by atoms with Gasteiger partial charge >= 0.3 is 0 Å². The highest BCUT2D eigenvalue weighted by Gasteiger charge is 1.94. The van der Waals surface area contributed by atoms with Crippen molar-refractivity contribution in [1.29, 1.82) is 0 Å². The van der Waals surface area contributed by atoms with E-state index in [0.29, 0.717) is 0 Å². The molecule has 38 valence electrons. The SMILES string of the molecule is [2H]C([2H])(O)C([2H])(Cl)C([2H])([2H])O. The predicted octanol–water partition coefficient (Wildman–Crippen LogP) is -0.422. The molecule has 0 saturated heterocycles. The molecular weight excluding hydrogens is 103 g/mol. The standard InChI is InChI=1S/C3H7ClO2/c4-3(1-5)2-6/h3,5-6H,1-2H2/i1D2,2D2,3D. The largest absolute Gasteiger partial charge is 0.395 e. The van der Waals surface area contributed by atoms with E-state index in [1.165, 1.54) is 0 Å². The average Bonchev–Trinajstić information content (AvgIpc) is 1.58. The van der Waals surface area contributed by atoms with Gasteiger partial charge in [0.2, 0.25) is 0 Å². The summed E-state index contributed by atoms with van der Waals surface area (Å²) in [6.07, 6.45) is 0. The van der Waals surface area contributed by atoms with Gasteiger partial charge in [0.1, 0.15) is 0 Å². The van der Waals surface area contributed by atoms with E-state index in [0.717, 1.165) is 0 Å². The minimum Gasteiger partial charge on any atom is -0.395 e. The molecule has 0 heterocycles. The molecule has 6 heavy (non-hydrogen) atoms. The van der Waals surface area contributed by atoms with E-state index in [1.54, 1.807) is 0 Å². The van der Waals surface area contributed by atoms with Crippen LogP contribution in [0.1, 0.15) is 6.85 Å². The van der Waals surface area contributed by atoms with Gasteiger partial charge in [0.15, 0.2) is 0 Å². The molecule has 0 aliphatic heterocycles. The van der Waals surface area contributed by atoms with Crippen molar-refractivity contribution in [2.75, 3.05) is 13.1 Å². The van der Waals surface area contributed by atoms with Crippen LogP contribution < -0.4 is 0 Å². The van der Waals surface area contributed by atoms with Crippen LogP contribution in [0.3, 0.4) is 0 Å². The summed E-state index contributed by atoms with van der Waals surface area (Å²) in [4.78, 5) is 0. The molecule has 3 heteroatoms. The first-order valence-corrected chi connectivity index (χ1v) is 1.51. The van der Waals surface area contributed by atoms with Gasteiger partial charge in [0, 0.05) is 0 Å². The van der Waals surface area contributed by atoms with Crippen molar-refractivity contribution in [2.45, 2.75) is 5.35 Å². The molecule has 0 aliphatic rings. The Morgan fingerprint density at radius 3 is 2.17 bits per heavy atom. The van der Waals surface area contributed by atoms with Gasteiger partial charge in [0.05, 0.1) is 25.3 Å². The van der Waals surface area contributed by atoms with Crippen molar-refractivity contribution >= 4 is 11.6 Å². The molecule has 0 fully saturated rings. The van der Waals surface area contributed by atoms with Gasteiger partial charge in [-0.1, -0.05) is 0 Å². The molecule has 2 N–H and O–H groups in total. The maximum atomic E-state index is 8.49. The van der Waals surface area contributed by atoms with E-state index in [9.17, 15) is 0 Å². The third-order valence-corrected chi connectivity index (χ3v) is 0.365. The lowest BCUT2D eigenvalue weighted by Crippen LogP contribution is -2.08. The van der Waals surface area contributed by atoms with E-state index in [-0.39, 0.29) is 0 Å².